The summed E-state index contributed by atoms with van der Waals surface area (Å²) in [6.45, 7) is 0.432. The third-order valence-corrected chi connectivity index (χ3v) is 5.58. The van der Waals surface area contributed by atoms with Gasteiger partial charge in [-0.15, -0.1) is 0 Å². The second-order valence-electron chi connectivity index (χ2n) is 7.76. The van der Waals surface area contributed by atoms with E-state index >= 15 is 0 Å². The Morgan fingerprint density at radius 2 is 1.77 bits per heavy atom. The summed E-state index contributed by atoms with van der Waals surface area (Å²) >= 11 is 0. The maximum atomic E-state index is 13.5. The second kappa shape index (κ2) is 11.9. The van der Waals surface area contributed by atoms with Crippen LogP contribution in [0.4, 0.5) is 11.5 Å². The molecule has 0 aliphatic rings. The Balaban J connectivity index is 1.99. The topological polar surface area (TPSA) is 129 Å². The molecule has 0 saturated carbocycles. The SMILES string of the molecule is COCCn1c(N)c(N(Cc2ccccc2)C(=O)CCc2cccc(OC)c2OC)c(=O)[nH]c1=O. The van der Waals surface area contributed by atoms with Crippen molar-refractivity contribution >= 4 is 17.4 Å². The first-order valence-electron chi connectivity index (χ1n) is 11.1. The lowest BCUT2D eigenvalue weighted by Gasteiger charge is -2.25. The smallest absolute Gasteiger partial charge is 0.330 e. The van der Waals surface area contributed by atoms with Crippen molar-refractivity contribution in [1.29, 1.82) is 0 Å². The highest BCUT2D eigenvalue weighted by Gasteiger charge is 2.25. The van der Waals surface area contributed by atoms with E-state index in [1.54, 1.807) is 13.2 Å². The number of aryl methyl sites for hydroxylation is 1. The van der Waals surface area contributed by atoms with Crippen LogP contribution < -0.4 is 31.4 Å². The number of benzene rings is 2. The number of carbonyl (C=O) groups is 1. The Labute approximate surface area is 202 Å². The first kappa shape index (κ1) is 25.6. The van der Waals surface area contributed by atoms with Gasteiger partial charge in [-0.05, 0) is 23.6 Å². The number of carbonyl (C=O) groups excluding carboxylic acids is 1. The molecule has 0 aliphatic heterocycles. The minimum absolute atomic E-state index is 0.0619. The van der Waals surface area contributed by atoms with E-state index in [1.807, 2.05) is 42.5 Å². The van der Waals surface area contributed by atoms with Crippen molar-refractivity contribution in [2.24, 2.45) is 0 Å². The van der Waals surface area contributed by atoms with Crippen LogP contribution in [0.15, 0.2) is 58.1 Å². The molecule has 0 unspecified atom stereocenters. The van der Waals surface area contributed by atoms with Gasteiger partial charge in [0.25, 0.3) is 5.56 Å². The number of amides is 1. The number of nitrogens with two attached hydrogens (primary N) is 1. The molecule has 10 heteroatoms. The largest absolute Gasteiger partial charge is 0.493 e. The fraction of sp³-hybridized carbons (Fsp3) is 0.320. The molecule has 2 aromatic carbocycles. The van der Waals surface area contributed by atoms with E-state index in [4.69, 9.17) is 19.9 Å². The lowest BCUT2D eigenvalue weighted by atomic mass is 10.1. The van der Waals surface area contributed by atoms with Crippen LogP contribution in [0.2, 0.25) is 0 Å². The van der Waals surface area contributed by atoms with Gasteiger partial charge in [-0.3, -0.25) is 19.1 Å². The number of anilines is 2. The first-order valence-corrected chi connectivity index (χ1v) is 11.1. The Morgan fingerprint density at radius 3 is 2.43 bits per heavy atom. The molecule has 1 heterocycles. The third kappa shape index (κ3) is 5.90. The number of H-pyrrole nitrogens is 1. The van der Waals surface area contributed by atoms with E-state index in [9.17, 15) is 14.4 Å². The number of nitrogens with zero attached hydrogens (tertiary/aromatic N) is 2. The maximum absolute atomic E-state index is 13.5. The summed E-state index contributed by atoms with van der Waals surface area (Å²) < 4.78 is 17.1. The van der Waals surface area contributed by atoms with Crippen LogP contribution in [-0.4, -0.2) is 43.4 Å². The van der Waals surface area contributed by atoms with E-state index < -0.39 is 11.2 Å². The van der Waals surface area contributed by atoms with Gasteiger partial charge in [-0.1, -0.05) is 42.5 Å². The number of aromatic nitrogens is 2. The van der Waals surface area contributed by atoms with Crippen molar-refractivity contribution < 1.29 is 19.0 Å². The van der Waals surface area contributed by atoms with E-state index in [0.29, 0.717) is 17.9 Å². The number of nitrogen functional groups attached to an aromatic ring is 1. The fourth-order valence-electron chi connectivity index (χ4n) is 3.83. The monoisotopic (exact) mass is 482 g/mol. The molecule has 0 spiro atoms. The summed E-state index contributed by atoms with van der Waals surface area (Å²) in [7, 11) is 4.57. The Morgan fingerprint density at radius 1 is 1.03 bits per heavy atom. The van der Waals surface area contributed by atoms with Crippen LogP contribution in [0, 0.1) is 0 Å². The number of aromatic amines is 1. The molecule has 35 heavy (non-hydrogen) atoms. The van der Waals surface area contributed by atoms with Gasteiger partial charge in [0.15, 0.2) is 17.2 Å². The van der Waals surface area contributed by atoms with E-state index in [0.717, 1.165) is 11.1 Å². The van der Waals surface area contributed by atoms with Gasteiger partial charge >= 0.3 is 5.69 Å². The van der Waals surface area contributed by atoms with E-state index in [-0.39, 0.29) is 43.5 Å². The van der Waals surface area contributed by atoms with Crippen LogP contribution in [0.25, 0.3) is 0 Å². The summed E-state index contributed by atoms with van der Waals surface area (Å²) in [5.74, 6) is 0.666. The van der Waals surface area contributed by atoms with Gasteiger partial charge in [-0.25, -0.2) is 4.79 Å². The minimum Gasteiger partial charge on any atom is -0.493 e. The number of nitrogens with one attached hydrogen (secondary N) is 1. The number of ether oxygens (including phenoxy) is 3. The highest BCUT2D eigenvalue weighted by atomic mass is 16.5. The van der Waals surface area contributed by atoms with Crippen molar-refractivity contribution in [2.75, 3.05) is 38.6 Å². The van der Waals surface area contributed by atoms with Crippen LogP contribution in [-0.2, 0) is 29.0 Å². The average Bonchev–Trinajstić information content (AvgIpc) is 2.86. The fourth-order valence-corrected chi connectivity index (χ4v) is 3.83. The Kier molecular flexibility index (Phi) is 8.69. The average molecular weight is 483 g/mol. The van der Waals surface area contributed by atoms with Gasteiger partial charge < -0.3 is 24.8 Å². The summed E-state index contributed by atoms with van der Waals surface area (Å²) in [6.07, 6.45) is 0.401. The summed E-state index contributed by atoms with van der Waals surface area (Å²) in [4.78, 5) is 42.3. The number of methoxy groups -OCH3 is 3. The third-order valence-electron chi connectivity index (χ3n) is 5.58. The molecule has 3 aromatic rings. The lowest BCUT2D eigenvalue weighted by molar-refractivity contribution is -0.118. The first-order chi connectivity index (χ1) is 16.9. The van der Waals surface area contributed by atoms with Crippen molar-refractivity contribution in [2.45, 2.75) is 25.9 Å². The minimum atomic E-state index is -0.732. The quantitative estimate of drug-likeness (QED) is 0.427. The second-order valence-corrected chi connectivity index (χ2v) is 7.76. The Hall–Kier alpha value is -4.05. The van der Waals surface area contributed by atoms with Crippen LogP contribution in [0.5, 0.6) is 11.5 Å². The number of hydrogen-bond donors (Lipinski definition) is 2. The molecule has 1 amide bonds. The van der Waals surface area contributed by atoms with Gasteiger partial charge in [0.1, 0.15) is 5.82 Å². The zero-order valence-electron chi connectivity index (χ0n) is 20.1. The lowest BCUT2D eigenvalue weighted by Crippen LogP contribution is -2.41. The van der Waals surface area contributed by atoms with Crippen molar-refractivity contribution in [1.82, 2.24) is 9.55 Å². The van der Waals surface area contributed by atoms with Gasteiger partial charge in [0, 0.05) is 13.5 Å². The molecule has 186 valence electrons. The molecule has 0 saturated heterocycles. The zero-order chi connectivity index (χ0) is 25.4. The number of hydrogen-bond acceptors (Lipinski definition) is 7. The van der Waals surface area contributed by atoms with Gasteiger partial charge in [0.05, 0.1) is 33.9 Å². The maximum Gasteiger partial charge on any atom is 0.330 e. The molecule has 0 bridgehead atoms. The zero-order valence-corrected chi connectivity index (χ0v) is 20.1. The van der Waals surface area contributed by atoms with Crippen LogP contribution in [0.1, 0.15) is 17.5 Å². The summed E-state index contributed by atoms with van der Waals surface area (Å²) in [5, 5.41) is 0. The van der Waals surface area contributed by atoms with E-state index in [1.165, 1.54) is 23.7 Å². The molecule has 1 aromatic heterocycles. The molecule has 0 aliphatic carbocycles. The predicted molar refractivity (Wildman–Crippen MR) is 133 cm³/mol. The van der Waals surface area contributed by atoms with Gasteiger partial charge in [0.2, 0.25) is 5.91 Å². The molecule has 3 N–H and O–H groups in total. The van der Waals surface area contributed by atoms with E-state index in [2.05, 4.69) is 4.98 Å². The highest BCUT2D eigenvalue weighted by Crippen LogP contribution is 2.32. The Bertz CT molecular complexity index is 1270. The standard InChI is InChI=1S/C25H30N4O6/c1-33-15-14-28-23(26)21(24(31)27-25(28)32)29(16-17-8-5-4-6-9-17)20(30)13-12-18-10-7-11-19(34-2)22(18)35-3/h4-11H,12-16,26H2,1-3H3,(H,27,31,32). The normalized spacial score (nSPS) is 10.7. The van der Waals surface area contributed by atoms with Crippen molar-refractivity contribution in [3.05, 3.63) is 80.5 Å². The summed E-state index contributed by atoms with van der Waals surface area (Å²) in [5.41, 5.74) is 6.38. The number of rotatable bonds is 11. The predicted octanol–water partition coefficient (Wildman–Crippen LogP) is 1.95. The van der Waals surface area contributed by atoms with Crippen LogP contribution >= 0.6 is 0 Å². The van der Waals surface area contributed by atoms with Crippen molar-refractivity contribution in [3.63, 3.8) is 0 Å². The highest BCUT2D eigenvalue weighted by molar-refractivity contribution is 5.95. The molecule has 10 nitrogen and oxygen atoms in total. The molecular weight excluding hydrogens is 452 g/mol. The van der Waals surface area contributed by atoms with Crippen molar-refractivity contribution in [3.8, 4) is 11.5 Å². The molecule has 0 atom stereocenters. The molecule has 0 fully saturated rings. The number of para-hydroxylation sites is 1. The van der Waals surface area contributed by atoms with Gasteiger partial charge in [-0.2, -0.15) is 0 Å². The van der Waals surface area contributed by atoms with Crippen LogP contribution in [0.3, 0.4) is 0 Å². The summed E-state index contributed by atoms with van der Waals surface area (Å²) in [6, 6.07) is 14.7. The molecule has 0 radical (unpaired) electrons. The molecule has 3 rings (SSSR count). The molecular formula is C25H30N4O6.